The largest absolute Gasteiger partial charge is 0.488 e. The molecule has 2 radical (unpaired) electrons. The summed E-state index contributed by atoms with van der Waals surface area (Å²) in [5.41, 5.74) is 0.751. The summed E-state index contributed by atoms with van der Waals surface area (Å²) in [4.78, 5) is 33.2. The summed E-state index contributed by atoms with van der Waals surface area (Å²) < 4.78 is 16.3. The monoisotopic (exact) mass is 572 g/mol. The highest BCUT2D eigenvalue weighted by molar-refractivity contribution is 8.77. The molecule has 1 fully saturated rings. The van der Waals surface area contributed by atoms with Crippen LogP contribution in [0.3, 0.4) is 0 Å². The lowest BCUT2D eigenvalue weighted by molar-refractivity contribution is -0.121. The van der Waals surface area contributed by atoms with Crippen LogP contribution in [-0.2, 0) is 18.8 Å². The van der Waals surface area contributed by atoms with Crippen molar-refractivity contribution in [3.05, 3.63) is 29.8 Å². The summed E-state index contributed by atoms with van der Waals surface area (Å²) in [5.74, 6) is 0.144. The Balaban J connectivity index is 1.54. The minimum atomic E-state index is -1.57. The van der Waals surface area contributed by atoms with Crippen LogP contribution in [0.2, 0.25) is 0 Å². The molecule has 2 rings (SSSR count). The topological polar surface area (TPSA) is 147 Å². The van der Waals surface area contributed by atoms with Crippen LogP contribution < -0.4 is 16.1 Å². The van der Waals surface area contributed by atoms with Gasteiger partial charge in [-0.05, 0) is 50.7 Å². The number of amides is 2. The highest BCUT2D eigenvalue weighted by Crippen LogP contribution is 2.36. The van der Waals surface area contributed by atoms with Crippen molar-refractivity contribution in [3.8, 4) is 0 Å². The van der Waals surface area contributed by atoms with Gasteiger partial charge in [-0.3, -0.25) is 9.59 Å². The van der Waals surface area contributed by atoms with Crippen LogP contribution in [0.5, 0.6) is 0 Å². The summed E-state index contributed by atoms with van der Waals surface area (Å²) in [6.45, 7) is 5.27. The first-order valence-electron chi connectivity index (χ1n) is 12.0. The van der Waals surface area contributed by atoms with Crippen molar-refractivity contribution in [1.82, 2.24) is 10.6 Å². The minimum Gasteiger partial charge on any atom is -0.423 e. The molecule has 0 spiro atoms. The molecule has 2 unspecified atom stereocenters. The second kappa shape index (κ2) is 17.0. The van der Waals surface area contributed by atoms with Crippen LogP contribution in [0.1, 0.15) is 49.9 Å². The molecule has 1 aliphatic rings. The average Bonchev–Trinajstić information content (AvgIpc) is 3.22. The molecule has 1 aromatic rings. The van der Waals surface area contributed by atoms with E-state index in [9.17, 15) is 9.59 Å². The van der Waals surface area contributed by atoms with E-state index < -0.39 is 22.2 Å². The lowest BCUT2D eigenvalue weighted by atomic mass is 9.80. The first kappa shape index (κ1) is 32.4. The van der Waals surface area contributed by atoms with E-state index in [2.05, 4.69) is 10.6 Å². The molecular formula is C22H35B2N2O8PS2. The van der Waals surface area contributed by atoms with Gasteiger partial charge in [0.1, 0.15) is 19.9 Å². The van der Waals surface area contributed by atoms with E-state index in [4.69, 9.17) is 36.8 Å². The fourth-order valence-electron chi connectivity index (χ4n) is 3.44. The van der Waals surface area contributed by atoms with E-state index in [0.717, 1.165) is 0 Å². The number of carbonyl (C=O) groups excluding carboxylic acids is 2. The van der Waals surface area contributed by atoms with Crippen molar-refractivity contribution in [3.63, 3.8) is 0 Å². The molecule has 204 valence electrons. The fraction of sp³-hybridized carbons (Fsp3) is 0.636. The molecule has 0 aliphatic carbocycles. The molecule has 1 aliphatic heterocycles. The summed E-state index contributed by atoms with van der Waals surface area (Å²) in [6.07, 6.45) is 1.76. The Kier molecular flexibility index (Phi) is 14.9. The van der Waals surface area contributed by atoms with E-state index >= 15 is 0 Å². The second-order valence-electron chi connectivity index (χ2n) is 9.12. The number of hydrogen-bond donors (Lipinski definition) is 5. The Hall–Kier alpha value is -0.820. The lowest BCUT2D eigenvalue weighted by Crippen LogP contribution is -2.36. The number of carbonyl (C=O) groups is 2. The van der Waals surface area contributed by atoms with Gasteiger partial charge in [0.2, 0.25) is 5.91 Å². The molecule has 2 amide bonds. The highest BCUT2D eigenvalue weighted by Gasteiger charge is 2.33. The van der Waals surface area contributed by atoms with Crippen LogP contribution in [0.25, 0.3) is 0 Å². The highest BCUT2D eigenvalue weighted by atomic mass is 33.1. The van der Waals surface area contributed by atoms with Gasteiger partial charge < -0.3 is 39.6 Å². The molecule has 1 aromatic carbocycles. The number of benzene rings is 1. The molecule has 1 heterocycles. The first-order valence-corrected chi connectivity index (χ1v) is 15.1. The Morgan fingerprint density at radius 3 is 2.65 bits per heavy atom. The van der Waals surface area contributed by atoms with Gasteiger partial charge in [0.15, 0.2) is 9.03 Å². The van der Waals surface area contributed by atoms with Crippen molar-refractivity contribution in [1.29, 1.82) is 0 Å². The smallest absolute Gasteiger partial charge is 0.423 e. The van der Waals surface area contributed by atoms with Gasteiger partial charge in [-0.25, -0.2) is 0 Å². The molecule has 10 nitrogen and oxygen atoms in total. The number of nitrogens with one attached hydrogen (secondary N) is 2. The summed E-state index contributed by atoms with van der Waals surface area (Å²) in [5, 5.41) is 24.0. The maximum atomic E-state index is 12.2. The third kappa shape index (κ3) is 12.7. The third-order valence-electron chi connectivity index (χ3n) is 5.45. The van der Waals surface area contributed by atoms with E-state index in [-0.39, 0.29) is 35.4 Å². The zero-order valence-corrected chi connectivity index (χ0v) is 23.7. The zero-order chi connectivity index (χ0) is 27.3. The van der Waals surface area contributed by atoms with Crippen LogP contribution in [0, 0.1) is 0 Å². The number of rotatable bonds is 17. The number of unbranched alkanes of at least 4 members (excludes halogenated alkanes) is 1. The molecule has 4 atom stereocenters. The number of ether oxygens (including phenoxy) is 2. The van der Waals surface area contributed by atoms with Crippen molar-refractivity contribution in [2.75, 3.05) is 25.6 Å². The van der Waals surface area contributed by atoms with Gasteiger partial charge in [-0.15, -0.1) is 0 Å². The maximum Gasteiger partial charge on any atom is 0.488 e. The van der Waals surface area contributed by atoms with Gasteiger partial charge in [-0.1, -0.05) is 33.7 Å². The van der Waals surface area contributed by atoms with Crippen molar-refractivity contribution < 1.29 is 38.5 Å². The minimum absolute atomic E-state index is 0.0380. The Morgan fingerprint density at radius 2 is 1.97 bits per heavy atom. The lowest BCUT2D eigenvalue weighted by Gasteiger charge is -2.24. The van der Waals surface area contributed by atoms with E-state index in [1.54, 1.807) is 21.6 Å². The SMILES string of the molecule is [B][C@H]1C[C@@H](OCSSC(C)(C)CNC(=O)CCCCNC(=O)c2ccc(B(O)O)cc2)C(COPO)O1. The number of hydrogen-bond acceptors (Lipinski definition) is 10. The molecule has 0 bridgehead atoms. The normalized spacial score (nSPS) is 19.9. The fourth-order valence-corrected chi connectivity index (χ4v) is 5.85. The van der Waals surface area contributed by atoms with Gasteiger partial charge in [0.05, 0.1) is 12.7 Å². The summed E-state index contributed by atoms with van der Waals surface area (Å²) >= 11 is 0. The predicted octanol–water partition coefficient (Wildman–Crippen LogP) is 0.686. The van der Waals surface area contributed by atoms with Crippen molar-refractivity contribution in [2.24, 2.45) is 0 Å². The molecule has 15 heteroatoms. The van der Waals surface area contributed by atoms with Gasteiger partial charge in [0.25, 0.3) is 5.91 Å². The molecular weight excluding hydrogens is 537 g/mol. The van der Waals surface area contributed by atoms with Gasteiger partial charge >= 0.3 is 7.12 Å². The van der Waals surface area contributed by atoms with E-state index in [0.29, 0.717) is 55.7 Å². The second-order valence-corrected chi connectivity index (χ2v) is 12.5. The Bertz CT molecular complexity index is 841. The average molecular weight is 572 g/mol. The van der Waals surface area contributed by atoms with E-state index in [1.807, 2.05) is 13.8 Å². The maximum absolute atomic E-state index is 12.2. The van der Waals surface area contributed by atoms with Crippen molar-refractivity contribution >= 4 is 62.9 Å². The van der Waals surface area contributed by atoms with Crippen LogP contribution in [0.15, 0.2) is 24.3 Å². The van der Waals surface area contributed by atoms with Crippen LogP contribution in [0.4, 0.5) is 0 Å². The third-order valence-corrected chi connectivity index (χ3v) is 8.69. The first-order chi connectivity index (χ1) is 17.6. The molecule has 0 aromatic heterocycles. The molecule has 37 heavy (non-hydrogen) atoms. The van der Waals surface area contributed by atoms with Crippen molar-refractivity contribution in [2.45, 2.75) is 62.5 Å². The van der Waals surface area contributed by atoms with Gasteiger partial charge in [0, 0.05) is 35.8 Å². The van der Waals surface area contributed by atoms with Gasteiger partial charge in [-0.2, -0.15) is 0 Å². The summed E-state index contributed by atoms with van der Waals surface area (Å²) in [7, 11) is 6.83. The molecule has 5 N–H and O–H groups in total. The summed E-state index contributed by atoms with van der Waals surface area (Å²) in [6, 6.07) is 5.64. The quantitative estimate of drug-likeness (QED) is 0.0594. The van der Waals surface area contributed by atoms with Crippen LogP contribution >= 0.6 is 30.6 Å². The Labute approximate surface area is 229 Å². The zero-order valence-electron chi connectivity index (χ0n) is 21.1. The van der Waals surface area contributed by atoms with E-state index in [1.165, 1.54) is 24.3 Å². The standard InChI is InChI=1S/C22H35B2N2O8PS2/c1-22(2,37-36-14-32-17-11-19(23)34-18(17)12-33-35-31)13-26-20(27)5-3-4-10-25-21(28)15-6-8-16(9-7-15)24(29)30/h6-9,17-19,29-31,35H,3-5,10-14H2,1-2H3,(H,25,28)(H,26,27)/t17-,18?,19-/m1/s1. The van der Waals surface area contributed by atoms with Crippen LogP contribution in [-0.4, -0.2) is 90.3 Å². The predicted molar refractivity (Wildman–Crippen MR) is 150 cm³/mol. The Morgan fingerprint density at radius 1 is 1.24 bits per heavy atom. The molecule has 1 saturated heterocycles. The molecule has 0 saturated carbocycles.